The fourth-order valence-corrected chi connectivity index (χ4v) is 0.765. The Balaban J connectivity index is 0.000000364. The average molecular weight is 200 g/mol. The summed E-state index contributed by atoms with van der Waals surface area (Å²) in [7, 11) is 0. The summed E-state index contributed by atoms with van der Waals surface area (Å²) in [5.74, 6) is -0.755. The Morgan fingerprint density at radius 2 is 2.21 bits per heavy atom. The molecule has 0 radical (unpaired) electrons. The Bertz CT molecular complexity index is 232. The first kappa shape index (κ1) is 12.7. The second-order valence-corrected chi connectivity index (χ2v) is 2.60. The quantitative estimate of drug-likeness (QED) is 0.548. The number of nitrogens with two attached hydrogens (primary N) is 1. The lowest BCUT2D eigenvalue weighted by atomic mass is 10.2. The lowest BCUT2D eigenvalue weighted by Crippen LogP contribution is -2.02. The first-order valence-corrected chi connectivity index (χ1v) is 4.35. The van der Waals surface area contributed by atoms with Crippen molar-refractivity contribution in [2.45, 2.75) is 12.8 Å². The topological polar surface area (TPSA) is 99.3 Å². The molecule has 0 unspecified atom stereocenters. The molecule has 0 bridgehead atoms. The van der Waals surface area contributed by atoms with Crippen LogP contribution >= 0.6 is 0 Å². The van der Waals surface area contributed by atoms with Crippen LogP contribution in [-0.2, 0) is 11.2 Å². The molecule has 0 aliphatic heterocycles. The van der Waals surface area contributed by atoms with E-state index in [9.17, 15) is 4.79 Å². The number of aryl methyl sites for hydroxylation is 1. The van der Waals surface area contributed by atoms with E-state index in [0.717, 1.165) is 5.69 Å². The summed E-state index contributed by atoms with van der Waals surface area (Å²) in [5.41, 5.74) is 5.75. The highest BCUT2D eigenvalue weighted by molar-refractivity contribution is 5.66. The van der Waals surface area contributed by atoms with Crippen LogP contribution in [0.1, 0.15) is 12.1 Å². The van der Waals surface area contributed by atoms with E-state index < -0.39 is 5.97 Å². The van der Waals surface area contributed by atoms with Crippen molar-refractivity contribution in [3.05, 3.63) is 24.0 Å². The zero-order chi connectivity index (χ0) is 10.8. The number of H-pyrrole nitrogens is 1. The molecule has 1 heterocycles. The Morgan fingerprint density at radius 3 is 2.57 bits per heavy atom. The molecule has 80 valence electrons. The molecule has 1 rings (SSSR count). The van der Waals surface area contributed by atoms with Crippen LogP contribution in [0.4, 0.5) is 0 Å². The molecule has 0 atom stereocenters. The molecule has 0 aliphatic rings. The third-order valence-corrected chi connectivity index (χ3v) is 1.40. The predicted octanol–water partition coefficient (Wildman–Crippen LogP) is -0.0307. The summed E-state index contributed by atoms with van der Waals surface area (Å²) in [6.07, 6.45) is 2.57. The maximum atomic E-state index is 10.1. The third kappa shape index (κ3) is 7.33. The van der Waals surface area contributed by atoms with E-state index in [-0.39, 0.29) is 13.0 Å². The Morgan fingerprint density at radius 1 is 1.57 bits per heavy atom. The molecule has 0 aliphatic carbocycles. The molecule has 1 aromatic heterocycles. The first-order chi connectivity index (χ1) is 6.70. The van der Waals surface area contributed by atoms with Gasteiger partial charge in [0.2, 0.25) is 0 Å². The van der Waals surface area contributed by atoms with Crippen molar-refractivity contribution >= 4 is 5.97 Å². The number of aliphatic hydroxyl groups is 1. The van der Waals surface area contributed by atoms with E-state index >= 15 is 0 Å². The van der Waals surface area contributed by atoms with Gasteiger partial charge in [0.1, 0.15) is 0 Å². The van der Waals surface area contributed by atoms with Crippen LogP contribution in [0.15, 0.2) is 18.3 Å². The Labute approximate surface area is 82.6 Å². The number of hydrogen-bond acceptors (Lipinski definition) is 3. The van der Waals surface area contributed by atoms with Gasteiger partial charge >= 0.3 is 5.97 Å². The second-order valence-electron chi connectivity index (χ2n) is 2.60. The Kier molecular flexibility index (Phi) is 7.49. The highest BCUT2D eigenvalue weighted by Crippen LogP contribution is 1.98. The molecule has 0 saturated carbocycles. The number of carbonyl (C=O) groups is 1. The zero-order valence-corrected chi connectivity index (χ0v) is 7.94. The molecular weight excluding hydrogens is 184 g/mol. The lowest BCUT2D eigenvalue weighted by molar-refractivity contribution is -0.136. The average Bonchev–Trinajstić information content (AvgIpc) is 2.67. The summed E-state index contributed by atoms with van der Waals surface area (Å²) < 4.78 is 0. The molecule has 14 heavy (non-hydrogen) atoms. The van der Waals surface area contributed by atoms with Crippen molar-refractivity contribution in [2.24, 2.45) is 5.73 Å². The van der Waals surface area contributed by atoms with Crippen LogP contribution in [0.2, 0.25) is 0 Å². The van der Waals surface area contributed by atoms with Gasteiger partial charge in [-0.3, -0.25) is 4.79 Å². The van der Waals surface area contributed by atoms with E-state index in [4.69, 9.17) is 15.9 Å². The van der Waals surface area contributed by atoms with Crippen molar-refractivity contribution in [2.75, 3.05) is 13.2 Å². The molecule has 0 aromatic carbocycles. The summed E-state index contributed by atoms with van der Waals surface area (Å²) in [6.45, 7) is 0.472. The fourth-order valence-electron chi connectivity index (χ4n) is 0.765. The number of carboxylic acids is 1. The number of carboxylic acid groups (broad SMARTS) is 1. The molecule has 0 amide bonds. The van der Waals surface area contributed by atoms with E-state index in [0.29, 0.717) is 13.0 Å². The summed E-state index contributed by atoms with van der Waals surface area (Å²) in [4.78, 5) is 13.0. The fraction of sp³-hybridized carbons (Fsp3) is 0.444. The normalized spacial score (nSPS) is 9.00. The molecule has 5 heteroatoms. The van der Waals surface area contributed by atoms with Gasteiger partial charge in [-0.2, -0.15) is 0 Å². The van der Waals surface area contributed by atoms with Crippen LogP contribution < -0.4 is 5.73 Å². The number of nitrogens with one attached hydrogen (secondary N) is 1. The third-order valence-electron chi connectivity index (χ3n) is 1.40. The molecule has 5 nitrogen and oxygen atoms in total. The SMILES string of the molecule is NCCO.O=C(O)CCc1ccc[nH]1. The molecule has 0 fully saturated rings. The van der Waals surface area contributed by atoms with E-state index in [1.807, 2.05) is 12.1 Å². The number of aliphatic carboxylic acids is 1. The highest BCUT2D eigenvalue weighted by atomic mass is 16.4. The van der Waals surface area contributed by atoms with E-state index in [1.165, 1.54) is 0 Å². The van der Waals surface area contributed by atoms with Gasteiger partial charge in [-0.05, 0) is 18.6 Å². The lowest BCUT2D eigenvalue weighted by Gasteiger charge is -1.90. The maximum Gasteiger partial charge on any atom is 0.303 e. The van der Waals surface area contributed by atoms with Gasteiger partial charge in [0.25, 0.3) is 0 Å². The summed E-state index contributed by atoms with van der Waals surface area (Å²) in [6, 6.07) is 3.74. The predicted molar refractivity (Wildman–Crippen MR) is 52.9 cm³/mol. The van der Waals surface area contributed by atoms with Crippen molar-refractivity contribution < 1.29 is 15.0 Å². The molecule has 0 spiro atoms. The van der Waals surface area contributed by atoms with Crippen molar-refractivity contribution in [3.63, 3.8) is 0 Å². The van der Waals surface area contributed by atoms with Gasteiger partial charge in [0.05, 0.1) is 13.0 Å². The molecule has 5 N–H and O–H groups in total. The van der Waals surface area contributed by atoms with E-state index in [2.05, 4.69) is 4.98 Å². The van der Waals surface area contributed by atoms with Gasteiger partial charge in [0.15, 0.2) is 0 Å². The number of rotatable bonds is 4. The summed E-state index contributed by atoms with van der Waals surface area (Å²) in [5, 5.41) is 16.0. The second kappa shape index (κ2) is 8.28. The minimum Gasteiger partial charge on any atom is -0.481 e. The zero-order valence-electron chi connectivity index (χ0n) is 7.94. The smallest absolute Gasteiger partial charge is 0.303 e. The van der Waals surface area contributed by atoms with Crippen LogP contribution in [0.25, 0.3) is 0 Å². The van der Waals surface area contributed by atoms with Crippen molar-refractivity contribution in [1.82, 2.24) is 4.98 Å². The monoisotopic (exact) mass is 200 g/mol. The Hall–Kier alpha value is -1.33. The van der Waals surface area contributed by atoms with Gasteiger partial charge in [-0.25, -0.2) is 0 Å². The van der Waals surface area contributed by atoms with Crippen LogP contribution in [0.3, 0.4) is 0 Å². The molecule has 0 saturated heterocycles. The number of aromatic nitrogens is 1. The molecular formula is C9H16N2O3. The van der Waals surface area contributed by atoms with E-state index in [1.54, 1.807) is 6.20 Å². The summed E-state index contributed by atoms with van der Waals surface area (Å²) >= 11 is 0. The van der Waals surface area contributed by atoms with Crippen LogP contribution in [-0.4, -0.2) is 34.3 Å². The van der Waals surface area contributed by atoms with Crippen molar-refractivity contribution in [1.29, 1.82) is 0 Å². The minimum absolute atomic E-state index is 0.0972. The van der Waals surface area contributed by atoms with Crippen LogP contribution in [0, 0.1) is 0 Å². The van der Waals surface area contributed by atoms with Gasteiger partial charge < -0.3 is 20.9 Å². The number of aliphatic hydroxyl groups excluding tert-OH is 1. The van der Waals surface area contributed by atoms with Gasteiger partial charge in [-0.1, -0.05) is 0 Å². The minimum atomic E-state index is -0.755. The van der Waals surface area contributed by atoms with Gasteiger partial charge in [0, 0.05) is 18.4 Å². The molecule has 1 aromatic rings. The first-order valence-electron chi connectivity index (χ1n) is 4.35. The number of aromatic amines is 1. The van der Waals surface area contributed by atoms with Crippen LogP contribution in [0.5, 0.6) is 0 Å². The maximum absolute atomic E-state index is 10.1. The standard InChI is InChI=1S/C7H9NO2.C2H7NO/c9-7(10)4-3-6-2-1-5-8-6;3-1-2-4/h1-2,5,8H,3-4H2,(H,9,10);4H,1-3H2. The number of hydrogen-bond donors (Lipinski definition) is 4. The van der Waals surface area contributed by atoms with Crippen molar-refractivity contribution in [3.8, 4) is 0 Å². The highest BCUT2D eigenvalue weighted by Gasteiger charge is 1.97. The van der Waals surface area contributed by atoms with Gasteiger partial charge in [-0.15, -0.1) is 0 Å². The largest absolute Gasteiger partial charge is 0.481 e.